The van der Waals surface area contributed by atoms with Gasteiger partial charge in [-0.25, -0.2) is 40.8 Å². The molecule has 2 aromatic rings. The van der Waals surface area contributed by atoms with Crippen molar-refractivity contribution in [2.75, 3.05) is 0 Å². The third kappa shape index (κ3) is 10.4. The molecule has 1 aliphatic rings. The molecule has 0 aliphatic heterocycles. The molecule has 0 spiro atoms. The zero-order chi connectivity index (χ0) is 21.7. The number of nitrogens with one attached hydrogen (secondary N) is 4. The van der Waals surface area contributed by atoms with E-state index in [2.05, 4.69) is 49.4 Å². The number of fused-ring (bicyclic) bond motifs is 2. The lowest BCUT2D eigenvalue weighted by Gasteiger charge is -2.06. The summed E-state index contributed by atoms with van der Waals surface area (Å²) >= 11 is 0. The fourth-order valence-electron chi connectivity index (χ4n) is 2.12. The van der Waals surface area contributed by atoms with Crippen LogP contribution in [-0.2, 0) is 19.2 Å². The summed E-state index contributed by atoms with van der Waals surface area (Å²) in [7, 11) is 0. The zero-order valence-electron chi connectivity index (χ0n) is 15.2. The van der Waals surface area contributed by atoms with E-state index in [1.807, 2.05) is 13.8 Å². The maximum atomic E-state index is 8.35. The van der Waals surface area contributed by atoms with Gasteiger partial charge in [0.25, 0.3) is 0 Å². The molecule has 140 valence electrons. The van der Waals surface area contributed by atoms with Gasteiger partial charge < -0.3 is 0 Å². The van der Waals surface area contributed by atoms with Gasteiger partial charge >= 0.3 is 0 Å². The molecular formula is C19H20N4O4. The highest BCUT2D eigenvalue weighted by Crippen LogP contribution is 2.15. The van der Waals surface area contributed by atoms with Crippen molar-refractivity contribution in [3.8, 4) is 0 Å². The lowest BCUT2D eigenvalue weighted by molar-refractivity contribution is 0.562. The number of hydrogen-bond donors (Lipinski definition) is 4. The summed E-state index contributed by atoms with van der Waals surface area (Å²) in [4.78, 5) is 33.4. The van der Waals surface area contributed by atoms with Gasteiger partial charge in [-0.2, -0.15) is 0 Å². The number of carbonyl (C=O) groups excluding carboxylic acids is 4. The van der Waals surface area contributed by atoms with Gasteiger partial charge in [-0.1, -0.05) is 56.3 Å². The maximum absolute atomic E-state index is 8.35. The fourth-order valence-corrected chi connectivity index (χ4v) is 2.12. The average Bonchev–Trinajstić information content (AvgIpc) is 2.64. The second kappa shape index (κ2) is 20.0. The maximum Gasteiger partial charge on any atom is 0.231 e. The first kappa shape index (κ1) is 27.8. The van der Waals surface area contributed by atoms with Gasteiger partial charge in [-0.3, -0.25) is 0 Å². The predicted octanol–water partition coefficient (Wildman–Crippen LogP) is 3.51. The minimum Gasteiger partial charge on any atom is -0.222 e. The van der Waals surface area contributed by atoms with E-state index in [-0.39, 0.29) is 0 Å². The van der Waals surface area contributed by atoms with Crippen molar-refractivity contribution >= 4 is 24.3 Å². The van der Waals surface area contributed by atoms with Crippen LogP contribution in [0.3, 0.4) is 0 Å². The highest BCUT2D eigenvalue weighted by Gasteiger charge is 2.01. The Morgan fingerprint density at radius 3 is 1.33 bits per heavy atom. The van der Waals surface area contributed by atoms with E-state index in [0.717, 1.165) is 24.3 Å². The summed E-state index contributed by atoms with van der Waals surface area (Å²) in [6.45, 7) is 6.18. The van der Waals surface area contributed by atoms with Gasteiger partial charge in [0, 0.05) is 0 Å². The Morgan fingerprint density at radius 1 is 0.593 bits per heavy atom. The Balaban J connectivity index is -0.000000347. The van der Waals surface area contributed by atoms with Crippen LogP contribution in [0.1, 0.15) is 19.4 Å². The van der Waals surface area contributed by atoms with Gasteiger partial charge in [0.1, 0.15) is 0 Å². The summed E-state index contributed by atoms with van der Waals surface area (Å²) in [5, 5.41) is 27.3. The molecule has 0 saturated heterocycles. The van der Waals surface area contributed by atoms with Crippen LogP contribution in [0.2, 0.25) is 0 Å². The predicted molar refractivity (Wildman–Crippen MR) is 98.0 cm³/mol. The molecule has 8 nitrogen and oxygen atoms in total. The average molecular weight is 368 g/mol. The van der Waals surface area contributed by atoms with Crippen LogP contribution >= 0.6 is 0 Å². The van der Waals surface area contributed by atoms with Crippen molar-refractivity contribution in [1.82, 2.24) is 0 Å². The Morgan fingerprint density at radius 2 is 0.926 bits per heavy atom. The second-order valence-electron chi connectivity index (χ2n) is 3.95. The lowest BCUT2D eigenvalue weighted by Crippen LogP contribution is -1.92. The van der Waals surface area contributed by atoms with Gasteiger partial charge in [0.2, 0.25) is 24.3 Å². The monoisotopic (exact) mass is 368 g/mol. The van der Waals surface area contributed by atoms with Crippen molar-refractivity contribution in [2.24, 2.45) is 0 Å². The molecule has 0 unspecified atom stereocenters. The van der Waals surface area contributed by atoms with Crippen LogP contribution < -0.4 is 0 Å². The van der Waals surface area contributed by atoms with Crippen LogP contribution in [0.5, 0.6) is 0 Å². The number of rotatable bonds is 0. The van der Waals surface area contributed by atoms with Gasteiger partial charge in [0.05, 0.1) is 0 Å². The van der Waals surface area contributed by atoms with Crippen LogP contribution in [0, 0.1) is 49.4 Å². The Kier molecular flexibility index (Phi) is 20.6. The molecule has 8 heteroatoms. The van der Waals surface area contributed by atoms with Crippen molar-refractivity contribution in [3.63, 3.8) is 0 Å². The first-order valence-corrected chi connectivity index (χ1v) is 7.39. The number of benzene rings is 2. The summed E-state index contributed by atoms with van der Waals surface area (Å²) in [6.07, 6.45) is 3.00. The molecule has 0 atom stereocenters. The third-order valence-electron chi connectivity index (χ3n) is 2.76. The Hall–Kier alpha value is -4.04. The molecule has 2 aromatic carbocycles. The summed E-state index contributed by atoms with van der Waals surface area (Å²) in [5.41, 5.74) is 1.39. The molecule has 0 saturated carbocycles. The van der Waals surface area contributed by atoms with Crippen molar-refractivity contribution in [3.05, 3.63) is 68.9 Å². The SMILES string of the molecule is CC.Cc1cccc2c1=c1ccccc1=2.N=C=O.N=C=O.N=C=O.N=C=O. The molecule has 0 fully saturated rings. The van der Waals surface area contributed by atoms with E-state index in [1.165, 1.54) is 26.4 Å². The van der Waals surface area contributed by atoms with Gasteiger partial charge in [-0.15, -0.1) is 0 Å². The molecule has 0 amide bonds. The first-order valence-electron chi connectivity index (χ1n) is 7.39. The topological polar surface area (TPSA) is 164 Å². The van der Waals surface area contributed by atoms with Crippen molar-refractivity contribution in [1.29, 1.82) is 21.6 Å². The molecule has 27 heavy (non-hydrogen) atoms. The van der Waals surface area contributed by atoms with Crippen LogP contribution in [0.25, 0.3) is 0 Å². The van der Waals surface area contributed by atoms with Gasteiger partial charge in [-0.05, 0) is 33.4 Å². The zero-order valence-corrected chi connectivity index (χ0v) is 15.2. The molecular weight excluding hydrogens is 348 g/mol. The van der Waals surface area contributed by atoms with E-state index >= 15 is 0 Å². The Labute approximate surface area is 155 Å². The quantitative estimate of drug-likeness (QED) is 0.352. The third-order valence-corrected chi connectivity index (χ3v) is 2.76. The largest absolute Gasteiger partial charge is 0.231 e. The fraction of sp³-hybridized carbons (Fsp3) is 0.158. The first-order chi connectivity index (χ1) is 13.0. The van der Waals surface area contributed by atoms with Gasteiger partial charge in [0.15, 0.2) is 0 Å². The summed E-state index contributed by atoms with van der Waals surface area (Å²) < 4.78 is 0. The standard InChI is InChI=1S/C13H10.C2H6.4CHNO/c1-9-5-4-8-12-10-6-2-3-7-11(10)13(9)12;1-2;4*2-1-3/h2-8H,1H3;1-2H3;4*2H. The summed E-state index contributed by atoms with van der Waals surface area (Å²) in [6, 6.07) is 15.1. The smallest absolute Gasteiger partial charge is 0.222 e. The van der Waals surface area contributed by atoms with E-state index in [1.54, 1.807) is 0 Å². The number of hydrogen-bond acceptors (Lipinski definition) is 8. The lowest BCUT2D eigenvalue weighted by atomic mass is 9.98. The summed E-state index contributed by atoms with van der Waals surface area (Å²) in [5.74, 6) is 0. The number of isocyanates is 4. The van der Waals surface area contributed by atoms with Crippen molar-refractivity contribution < 1.29 is 19.2 Å². The molecule has 0 heterocycles. The second-order valence-corrected chi connectivity index (χ2v) is 3.95. The van der Waals surface area contributed by atoms with Crippen LogP contribution in [-0.4, -0.2) is 24.3 Å². The molecule has 0 aromatic heterocycles. The van der Waals surface area contributed by atoms with E-state index in [4.69, 9.17) is 40.8 Å². The minimum absolute atomic E-state index is 0.750. The minimum atomic E-state index is 0.750. The van der Waals surface area contributed by atoms with Crippen LogP contribution in [0.4, 0.5) is 0 Å². The highest BCUT2D eigenvalue weighted by molar-refractivity contribution is 5.33. The Bertz CT molecular complexity index is 960. The van der Waals surface area contributed by atoms with E-state index in [0.29, 0.717) is 0 Å². The van der Waals surface area contributed by atoms with E-state index in [9.17, 15) is 0 Å². The van der Waals surface area contributed by atoms with Crippen LogP contribution in [0.15, 0.2) is 42.5 Å². The number of aryl methyl sites for hydroxylation is 1. The van der Waals surface area contributed by atoms with E-state index < -0.39 is 0 Å². The molecule has 4 N–H and O–H groups in total. The normalized spacial score (nSPS) is 6.93. The highest BCUT2D eigenvalue weighted by atomic mass is 16.1. The molecule has 0 radical (unpaired) electrons. The molecule has 3 rings (SSSR count). The molecule has 1 aliphatic carbocycles. The molecule has 0 bridgehead atoms. The van der Waals surface area contributed by atoms with Crippen molar-refractivity contribution in [2.45, 2.75) is 20.8 Å².